The predicted octanol–water partition coefficient (Wildman–Crippen LogP) is 1.60. The Kier molecular flexibility index (Phi) is 5.09. The van der Waals surface area contributed by atoms with Crippen molar-refractivity contribution in [3.63, 3.8) is 0 Å². The van der Waals surface area contributed by atoms with Crippen LogP contribution in [0.1, 0.15) is 16.7 Å². The van der Waals surface area contributed by atoms with E-state index in [1.165, 1.54) is 16.7 Å². The number of rotatable bonds is 3. The van der Waals surface area contributed by atoms with Gasteiger partial charge in [0.2, 0.25) is 0 Å². The van der Waals surface area contributed by atoms with Crippen LogP contribution in [0.5, 0.6) is 0 Å². The van der Waals surface area contributed by atoms with Gasteiger partial charge in [0, 0.05) is 13.6 Å². The molecule has 0 aliphatic carbocycles. The van der Waals surface area contributed by atoms with Gasteiger partial charge in [0.25, 0.3) is 0 Å². The number of aryl methyl sites for hydroxylation is 2. The fourth-order valence-electron chi connectivity index (χ4n) is 1.58. The molecule has 0 aliphatic heterocycles. The lowest BCUT2D eigenvalue weighted by molar-refractivity contribution is 0.845. The van der Waals surface area contributed by atoms with E-state index in [1.807, 2.05) is 0 Å². The third-order valence-electron chi connectivity index (χ3n) is 2.53. The van der Waals surface area contributed by atoms with E-state index in [1.54, 1.807) is 7.05 Å². The zero-order chi connectivity index (χ0) is 12.7. The second-order valence-corrected chi connectivity index (χ2v) is 3.91. The number of aliphatic imine (C=N–C) groups is 1. The Bertz CT molecular complexity index is 441. The highest BCUT2D eigenvalue weighted by atomic mass is 15.2. The first-order valence-electron chi connectivity index (χ1n) is 5.61. The van der Waals surface area contributed by atoms with Gasteiger partial charge in [-0.15, -0.1) is 6.42 Å². The lowest BCUT2D eigenvalue weighted by atomic mass is 10.1. The minimum absolute atomic E-state index is 0.479. The molecule has 0 spiro atoms. The van der Waals surface area contributed by atoms with Crippen LogP contribution in [0, 0.1) is 26.2 Å². The Morgan fingerprint density at radius 2 is 2.12 bits per heavy atom. The standard InChI is InChI=1S/C14H19N3/c1-5-8-16-14(15-4)17-10-13-7-6-11(2)9-12(13)3/h1,6-7,9H,8,10H2,2-4H3,(H2,15,16,17). The van der Waals surface area contributed by atoms with E-state index in [2.05, 4.69) is 53.6 Å². The number of benzene rings is 1. The van der Waals surface area contributed by atoms with Crippen LogP contribution < -0.4 is 10.6 Å². The van der Waals surface area contributed by atoms with Crippen molar-refractivity contribution >= 4 is 5.96 Å². The summed E-state index contributed by atoms with van der Waals surface area (Å²) >= 11 is 0. The van der Waals surface area contributed by atoms with Gasteiger partial charge in [-0.25, -0.2) is 0 Å². The molecule has 0 saturated carbocycles. The van der Waals surface area contributed by atoms with Crippen LogP contribution in [-0.2, 0) is 6.54 Å². The van der Waals surface area contributed by atoms with E-state index in [0.29, 0.717) is 6.54 Å². The van der Waals surface area contributed by atoms with Gasteiger partial charge in [-0.3, -0.25) is 4.99 Å². The Morgan fingerprint density at radius 3 is 2.71 bits per heavy atom. The molecule has 3 heteroatoms. The van der Waals surface area contributed by atoms with E-state index >= 15 is 0 Å². The minimum atomic E-state index is 0.479. The van der Waals surface area contributed by atoms with Crippen molar-refractivity contribution in [3.05, 3.63) is 34.9 Å². The summed E-state index contributed by atoms with van der Waals surface area (Å²) in [7, 11) is 1.73. The summed E-state index contributed by atoms with van der Waals surface area (Å²) in [5.74, 6) is 3.24. The van der Waals surface area contributed by atoms with Gasteiger partial charge in [0.1, 0.15) is 0 Å². The van der Waals surface area contributed by atoms with E-state index < -0.39 is 0 Å². The summed E-state index contributed by atoms with van der Waals surface area (Å²) in [6, 6.07) is 6.42. The first-order chi connectivity index (χ1) is 8.17. The molecule has 0 atom stereocenters. The van der Waals surface area contributed by atoms with Crippen molar-refractivity contribution in [2.45, 2.75) is 20.4 Å². The van der Waals surface area contributed by atoms with Crippen LogP contribution in [-0.4, -0.2) is 19.6 Å². The third-order valence-corrected chi connectivity index (χ3v) is 2.53. The molecular weight excluding hydrogens is 210 g/mol. The molecule has 1 aromatic rings. The van der Waals surface area contributed by atoms with E-state index in [0.717, 1.165) is 12.5 Å². The number of nitrogens with zero attached hydrogens (tertiary/aromatic N) is 1. The monoisotopic (exact) mass is 229 g/mol. The summed E-state index contributed by atoms with van der Waals surface area (Å²) in [6.45, 7) is 5.43. The van der Waals surface area contributed by atoms with Gasteiger partial charge >= 0.3 is 0 Å². The zero-order valence-electron chi connectivity index (χ0n) is 10.7. The van der Waals surface area contributed by atoms with E-state index in [4.69, 9.17) is 6.42 Å². The number of terminal acetylenes is 1. The van der Waals surface area contributed by atoms with Crippen molar-refractivity contribution in [2.75, 3.05) is 13.6 Å². The Hall–Kier alpha value is -1.95. The molecule has 1 rings (SSSR count). The van der Waals surface area contributed by atoms with Crippen molar-refractivity contribution in [2.24, 2.45) is 4.99 Å². The lowest BCUT2D eigenvalue weighted by Crippen LogP contribution is -2.37. The summed E-state index contributed by atoms with van der Waals surface area (Å²) in [5.41, 5.74) is 3.82. The van der Waals surface area contributed by atoms with Crippen LogP contribution in [0.3, 0.4) is 0 Å². The molecule has 2 N–H and O–H groups in total. The zero-order valence-corrected chi connectivity index (χ0v) is 10.7. The Balaban J connectivity index is 2.58. The topological polar surface area (TPSA) is 36.4 Å². The smallest absolute Gasteiger partial charge is 0.192 e. The maximum absolute atomic E-state index is 5.18. The van der Waals surface area contributed by atoms with Crippen LogP contribution >= 0.6 is 0 Å². The van der Waals surface area contributed by atoms with Crippen LogP contribution in [0.4, 0.5) is 0 Å². The first-order valence-corrected chi connectivity index (χ1v) is 5.61. The highest BCUT2D eigenvalue weighted by Crippen LogP contribution is 2.09. The van der Waals surface area contributed by atoms with Crippen molar-refractivity contribution in [1.82, 2.24) is 10.6 Å². The molecular formula is C14H19N3. The fourth-order valence-corrected chi connectivity index (χ4v) is 1.58. The molecule has 0 heterocycles. The van der Waals surface area contributed by atoms with Gasteiger partial charge in [-0.1, -0.05) is 29.7 Å². The maximum atomic E-state index is 5.18. The summed E-state index contributed by atoms with van der Waals surface area (Å²) in [4.78, 5) is 4.09. The largest absolute Gasteiger partial charge is 0.352 e. The van der Waals surface area contributed by atoms with Crippen molar-refractivity contribution in [1.29, 1.82) is 0 Å². The highest BCUT2D eigenvalue weighted by molar-refractivity contribution is 5.79. The van der Waals surface area contributed by atoms with E-state index in [9.17, 15) is 0 Å². The Morgan fingerprint density at radius 1 is 1.35 bits per heavy atom. The molecule has 0 fully saturated rings. The number of hydrogen-bond acceptors (Lipinski definition) is 1. The minimum Gasteiger partial charge on any atom is -0.352 e. The number of hydrogen-bond donors (Lipinski definition) is 2. The van der Waals surface area contributed by atoms with Gasteiger partial charge in [-0.2, -0.15) is 0 Å². The average Bonchev–Trinajstić information content (AvgIpc) is 2.31. The summed E-state index contributed by atoms with van der Waals surface area (Å²) in [5, 5.41) is 6.25. The molecule has 0 aliphatic rings. The lowest BCUT2D eigenvalue weighted by Gasteiger charge is -2.12. The molecule has 3 nitrogen and oxygen atoms in total. The fraction of sp³-hybridized carbons (Fsp3) is 0.357. The molecule has 0 aromatic heterocycles. The molecule has 1 aromatic carbocycles. The molecule has 0 unspecified atom stereocenters. The van der Waals surface area contributed by atoms with Gasteiger partial charge in [0.05, 0.1) is 6.54 Å². The summed E-state index contributed by atoms with van der Waals surface area (Å²) < 4.78 is 0. The van der Waals surface area contributed by atoms with Gasteiger partial charge in [-0.05, 0) is 25.0 Å². The van der Waals surface area contributed by atoms with E-state index in [-0.39, 0.29) is 0 Å². The van der Waals surface area contributed by atoms with Crippen molar-refractivity contribution < 1.29 is 0 Å². The van der Waals surface area contributed by atoms with Crippen molar-refractivity contribution in [3.8, 4) is 12.3 Å². The second kappa shape index (κ2) is 6.59. The molecule has 90 valence electrons. The highest BCUT2D eigenvalue weighted by Gasteiger charge is 2.00. The molecule has 0 amide bonds. The first kappa shape index (κ1) is 13.1. The average molecular weight is 229 g/mol. The summed E-state index contributed by atoms with van der Waals surface area (Å²) in [6.07, 6.45) is 5.18. The molecule has 0 saturated heterocycles. The third kappa shape index (κ3) is 4.20. The molecule has 17 heavy (non-hydrogen) atoms. The van der Waals surface area contributed by atoms with Crippen LogP contribution in [0.15, 0.2) is 23.2 Å². The van der Waals surface area contributed by atoms with Gasteiger partial charge < -0.3 is 10.6 Å². The predicted molar refractivity (Wildman–Crippen MR) is 73.0 cm³/mol. The van der Waals surface area contributed by atoms with Crippen LogP contribution in [0.25, 0.3) is 0 Å². The SMILES string of the molecule is C#CCNC(=NC)NCc1ccc(C)cc1C. The Labute approximate surface area is 103 Å². The number of nitrogens with one attached hydrogen (secondary N) is 2. The molecule has 0 bridgehead atoms. The van der Waals surface area contributed by atoms with Gasteiger partial charge in [0.15, 0.2) is 5.96 Å². The normalized spacial score (nSPS) is 10.8. The quantitative estimate of drug-likeness (QED) is 0.469. The second-order valence-electron chi connectivity index (χ2n) is 3.91. The molecule has 0 radical (unpaired) electrons. The van der Waals surface area contributed by atoms with Crippen LogP contribution in [0.2, 0.25) is 0 Å². The number of guanidine groups is 1. The maximum Gasteiger partial charge on any atom is 0.192 e.